The van der Waals surface area contributed by atoms with E-state index < -0.39 is 0 Å². The third-order valence-corrected chi connectivity index (χ3v) is 4.24. The van der Waals surface area contributed by atoms with Crippen molar-refractivity contribution in [3.63, 3.8) is 0 Å². The summed E-state index contributed by atoms with van der Waals surface area (Å²) in [5.74, 6) is 1.24. The molecule has 4 heteroatoms. The minimum absolute atomic E-state index is 0.424. The quantitative estimate of drug-likeness (QED) is 0.598. The monoisotopic (exact) mass is 339 g/mol. The summed E-state index contributed by atoms with van der Waals surface area (Å²) in [7, 11) is 3.51. The van der Waals surface area contributed by atoms with Crippen LogP contribution in [0.5, 0.6) is 0 Å². The zero-order valence-electron chi connectivity index (χ0n) is 15.7. The molecule has 0 fully saturated rings. The first kappa shape index (κ1) is 19.0. The van der Waals surface area contributed by atoms with Crippen molar-refractivity contribution in [2.75, 3.05) is 20.7 Å². The van der Waals surface area contributed by atoms with E-state index in [1.165, 1.54) is 22.3 Å². The first-order chi connectivity index (χ1) is 12.1. The molecule has 2 aromatic carbocycles. The molecule has 0 amide bonds. The molecule has 0 aliphatic heterocycles. The van der Waals surface area contributed by atoms with Crippen LogP contribution in [0, 0.1) is 6.92 Å². The van der Waals surface area contributed by atoms with Crippen molar-refractivity contribution in [1.29, 1.82) is 0 Å². The maximum atomic E-state index is 5.14. The van der Waals surface area contributed by atoms with Crippen molar-refractivity contribution in [1.82, 2.24) is 10.6 Å². The zero-order valence-corrected chi connectivity index (χ0v) is 15.7. The smallest absolute Gasteiger partial charge is 0.191 e. The Kier molecular flexibility index (Phi) is 7.48. The number of ether oxygens (including phenoxy) is 1. The van der Waals surface area contributed by atoms with Crippen LogP contribution in [0.15, 0.2) is 53.5 Å². The molecule has 1 atom stereocenters. The highest BCUT2D eigenvalue weighted by atomic mass is 16.5. The van der Waals surface area contributed by atoms with Gasteiger partial charge in [0.05, 0.1) is 6.61 Å². The van der Waals surface area contributed by atoms with Crippen molar-refractivity contribution in [2.24, 2.45) is 4.99 Å². The van der Waals surface area contributed by atoms with Gasteiger partial charge in [0.15, 0.2) is 5.96 Å². The van der Waals surface area contributed by atoms with Crippen LogP contribution in [0.1, 0.15) is 35.1 Å². The van der Waals surface area contributed by atoms with Crippen LogP contribution in [-0.4, -0.2) is 26.7 Å². The predicted molar refractivity (Wildman–Crippen MR) is 105 cm³/mol. The van der Waals surface area contributed by atoms with Gasteiger partial charge in [-0.1, -0.05) is 61.0 Å². The molecular formula is C21H29N3O. The molecule has 25 heavy (non-hydrogen) atoms. The fraction of sp³-hybridized carbons (Fsp3) is 0.381. The van der Waals surface area contributed by atoms with Crippen LogP contribution in [-0.2, 0) is 17.9 Å². The van der Waals surface area contributed by atoms with Crippen LogP contribution in [0.25, 0.3) is 0 Å². The van der Waals surface area contributed by atoms with Gasteiger partial charge < -0.3 is 15.4 Å². The maximum absolute atomic E-state index is 5.14. The summed E-state index contributed by atoms with van der Waals surface area (Å²) in [6, 6.07) is 17.1. The molecule has 0 saturated heterocycles. The number of rotatable bonds is 7. The first-order valence-electron chi connectivity index (χ1n) is 8.70. The van der Waals surface area contributed by atoms with E-state index in [1.807, 2.05) is 0 Å². The standard InChI is InChI=1S/C21H29N3O/c1-16-5-11-20(12-6-16)17(2)13-23-21(22-3)24-14-18-7-9-19(10-8-18)15-25-4/h5-12,17H,13-15H2,1-4H3,(H2,22,23,24). The number of hydrogen-bond donors (Lipinski definition) is 2. The van der Waals surface area contributed by atoms with E-state index in [1.54, 1.807) is 14.2 Å². The van der Waals surface area contributed by atoms with Gasteiger partial charge in [0.2, 0.25) is 0 Å². The molecule has 2 aromatic rings. The van der Waals surface area contributed by atoms with Crippen LogP contribution >= 0.6 is 0 Å². The van der Waals surface area contributed by atoms with E-state index >= 15 is 0 Å². The number of guanidine groups is 1. The molecule has 0 aromatic heterocycles. The maximum Gasteiger partial charge on any atom is 0.191 e. The second-order valence-electron chi connectivity index (χ2n) is 6.37. The lowest BCUT2D eigenvalue weighted by Gasteiger charge is -2.16. The van der Waals surface area contributed by atoms with E-state index in [0.717, 1.165) is 19.0 Å². The summed E-state index contributed by atoms with van der Waals surface area (Å²) in [5.41, 5.74) is 5.02. The second-order valence-corrected chi connectivity index (χ2v) is 6.37. The number of aryl methyl sites for hydroxylation is 1. The van der Waals surface area contributed by atoms with Crippen molar-refractivity contribution in [3.8, 4) is 0 Å². The lowest BCUT2D eigenvalue weighted by molar-refractivity contribution is 0.185. The SMILES string of the molecule is CN=C(NCc1ccc(COC)cc1)NCC(C)c1ccc(C)cc1. The van der Waals surface area contributed by atoms with Crippen molar-refractivity contribution in [2.45, 2.75) is 32.9 Å². The van der Waals surface area contributed by atoms with Gasteiger partial charge in [0.25, 0.3) is 0 Å². The van der Waals surface area contributed by atoms with E-state index in [9.17, 15) is 0 Å². The lowest BCUT2D eigenvalue weighted by atomic mass is 10.0. The minimum atomic E-state index is 0.424. The highest BCUT2D eigenvalue weighted by Crippen LogP contribution is 2.14. The normalized spacial score (nSPS) is 12.7. The van der Waals surface area contributed by atoms with Gasteiger partial charge in [0, 0.05) is 27.2 Å². The largest absolute Gasteiger partial charge is 0.380 e. The number of hydrogen-bond acceptors (Lipinski definition) is 2. The van der Waals surface area contributed by atoms with Gasteiger partial charge in [-0.2, -0.15) is 0 Å². The third kappa shape index (κ3) is 6.24. The average Bonchev–Trinajstić information content (AvgIpc) is 2.63. The molecule has 4 nitrogen and oxygen atoms in total. The van der Waals surface area contributed by atoms with Gasteiger partial charge in [-0.25, -0.2) is 0 Å². The molecule has 134 valence electrons. The Morgan fingerprint density at radius 2 is 1.64 bits per heavy atom. The van der Waals surface area contributed by atoms with Crippen LogP contribution in [0.2, 0.25) is 0 Å². The van der Waals surface area contributed by atoms with E-state index in [2.05, 4.69) is 78.0 Å². The number of methoxy groups -OCH3 is 1. The molecular weight excluding hydrogens is 310 g/mol. The Morgan fingerprint density at radius 3 is 2.24 bits per heavy atom. The average molecular weight is 339 g/mol. The molecule has 0 saturated carbocycles. The first-order valence-corrected chi connectivity index (χ1v) is 8.70. The Labute approximate surface area is 151 Å². The summed E-state index contributed by atoms with van der Waals surface area (Å²) in [6.07, 6.45) is 0. The number of benzene rings is 2. The fourth-order valence-corrected chi connectivity index (χ4v) is 2.59. The second kappa shape index (κ2) is 9.84. The lowest BCUT2D eigenvalue weighted by Crippen LogP contribution is -2.38. The van der Waals surface area contributed by atoms with Gasteiger partial charge in [-0.3, -0.25) is 4.99 Å². The predicted octanol–water partition coefficient (Wildman–Crippen LogP) is 3.61. The van der Waals surface area contributed by atoms with Crippen molar-refractivity contribution >= 4 is 5.96 Å². The van der Waals surface area contributed by atoms with Crippen molar-refractivity contribution < 1.29 is 4.74 Å². The molecule has 2 N–H and O–H groups in total. The molecule has 0 aliphatic carbocycles. The molecule has 0 aliphatic rings. The number of nitrogens with one attached hydrogen (secondary N) is 2. The highest BCUT2D eigenvalue weighted by Gasteiger charge is 2.06. The summed E-state index contributed by atoms with van der Waals surface area (Å²) in [5, 5.41) is 6.76. The highest BCUT2D eigenvalue weighted by molar-refractivity contribution is 5.79. The summed E-state index contributed by atoms with van der Waals surface area (Å²) in [6.45, 7) is 6.56. The Hall–Kier alpha value is -2.33. The molecule has 0 radical (unpaired) electrons. The molecule has 2 rings (SSSR count). The summed E-state index contributed by atoms with van der Waals surface area (Å²) in [4.78, 5) is 4.30. The molecule has 0 bridgehead atoms. The van der Waals surface area contributed by atoms with E-state index in [-0.39, 0.29) is 0 Å². The number of nitrogens with zero attached hydrogens (tertiary/aromatic N) is 1. The zero-order chi connectivity index (χ0) is 18.1. The van der Waals surface area contributed by atoms with Gasteiger partial charge >= 0.3 is 0 Å². The van der Waals surface area contributed by atoms with Gasteiger partial charge in [0.1, 0.15) is 0 Å². The summed E-state index contributed by atoms with van der Waals surface area (Å²) >= 11 is 0. The Morgan fingerprint density at radius 1 is 1.00 bits per heavy atom. The van der Waals surface area contributed by atoms with Crippen LogP contribution in [0.4, 0.5) is 0 Å². The van der Waals surface area contributed by atoms with Crippen molar-refractivity contribution in [3.05, 3.63) is 70.8 Å². The fourth-order valence-electron chi connectivity index (χ4n) is 2.59. The summed E-state index contributed by atoms with van der Waals surface area (Å²) < 4.78 is 5.14. The third-order valence-electron chi connectivity index (χ3n) is 4.24. The van der Waals surface area contributed by atoms with Crippen LogP contribution in [0.3, 0.4) is 0 Å². The van der Waals surface area contributed by atoms with E-state index in [0.29, 0.717) is 12.5 Å². The van der Waals surface area contributed by atoms with E-state index in [4.69, 9.17) is 4.74 Å². The minimum Gasteiger partial charge on any atom is -0.380 e. The molecule has 1 unspecified atom stereocenters. The Bertz CT molecular complexity index is 663. The van der Waals surface area contributed by atoms with Crippen LogP contribution < -0.4 is 10.6 Å². The topological polar surface area (TPSA) is 45.7 Å². The van der Waals surface area contributed by atoms with Gasteiger partial charge in [-0.05, 0) is 29.5 Å². The Balaban J connectivity index is 1.81. The molecule has 0 heterocycles. The number of aliphatic imine (C=N–C) groups is 1. The molecule has 0 spiro atoms. The van der Waals surface area contributed by atoms with Gasteiger partial charge in [-0.15, -0.1) is 0 Å².